The maximum atomic E-state index is 11.3. The molecule has 0 aromatic carbocycles. The summed E-state index contributed by atoms with van der Waals surface area (Å²) in [7, 11) is -7.27. The van der Waals surface area contributed by atoms with E-state index in [9.17, 15) is 16.8 Å². The minimum atomic E-state index is -3.75. The van der Waals surface area contributed by atoms with E-state index in [2.05, 4.69) is 4.72 Å². The third kappa shape index (κ3) is 8.79. The van der Waals surface area contributed by atoms with Gasteiger partial charge in [-0.25, -0.2) is 21.6 Å². The molecule has 6 nitrogen and oxygen atoms in total. The molecule has 1 unspecified atom stereocenters. The molecule has 0 amide bonds. The molecule has 0 saturated heterocycles. The van der Waals surface area contributed by atoms with Crippen molar-refractivity contribution in [3.8, 4) is 0 Å². The second-order valence-electron chi connectivity index (χ2n) is 3.61. The molecule has 0 rings (SSSR count). The van der Waals surface area contributed by atoms with Gasteiger partial charge in [0, 0.05) is 12.3 Å². The third-order valence-corrected chi connectivity index (χ3v) is 5.31. The summed E-state index contributed by atoms with van der Waals surface area (Å²) in [5.74, 6) is 0. The smallest absolute Gasteiger partial charge is 0.226 e. The maximum Gasteiger partial charge on any atom is 0.226 e. The Balaban J connectivity index is 4.27. The van der Waals surface area contributed by atoms with Crippen LogP contribution in [0.3, 0.4) is 0 Å². The number of nitrogens with one attached hydrogen (secondary N) is 1. The van der Waals surface area contributed by atoms with Gasteiger partial charge in [-0.2, -0.15) is 0 Å². The van der Waals surface area contributed by atoms with E-state index >= 15 is 0 Å². The van der Waals surface area contributed by atoms with Crippen LogP contribution in [0.15, 0.2) is 0 Å². The first-order chi connectivity index (χ1) is 6.66. The largest absolute Gasteiger partial charge is 0.330 e. The number of hydrogen-bond donors (Lipinski definition) is 2. The Hall–Kier alpha value is -0.180. The summed E-state index contributed by atoms with van der Waals surface area (Å²) in [6.07, 6.45) is 2.18. The first-order valence-electron chi connectivity index (χ1n) is 4.54. The highest BCUT2D eigenvalue weighted by Crippen LogP contribution is 1.99. The normalized spacial score (nSPS) is 15.1. The molecule has 0 radical (unpaired) electrons. The second kappa shape index (κ2) is 5.78. The van der Waals surface area contributed by atoms with Gasteiger partial charge in [-0.05, 0) is 26.3 Å². The lowest BCUT2D eigenvalue weighted by Crippen LogP contribution is -2.36. The van der Waals surface area contributed by atoms with Gasteiger partial charge in [0.2, 0.25) is 10.0 Å². The fraction of sp³-hybridized carbons (Fsp3) is 1.00. The Bertz CT molecular complexity index is 374. The lowest BCUT2D eigenvalue weighted by Gasteiger charge is -2.12. The topological polar surface area (TPSA) is 106 Å². The molecule has 15 heavy (non-hydrogen) atoms. The van der Waals surface area contributed by atoms with Gasteiger partial charge in [-0.15, -0.1) is 0 Å². The molecular formula is C7H18N2O4S2. The van der Waals surface area contributed by atoms with Crippen LogP contribution in [-0.2, 0) is 19.9 Å². The van der Waals surface area contributed by atoms with Crippen molar-refractivity contribution in [2.24, 2.45) is 5.73 Å². The average Bonchev–Trinajstić information content (AvgIpc) is 1.94. The van der Waals surface area contributed by atoms with Gasteiger partial charge in [-0.3, -0.25) is 0 Å². The van der Waals surface area contributed by atoms with Crippen LogP contribution < -0.4 is 10.5 Å². The fourth-order valence-corrected chi connectivity index (χ4v) is 4.36. The van der Waals surface area contributed by atoms with Crippen LogP contribution in [0.4, 0.5) is 0 Å². The molecule has 92 valence electrons. The molecule has 0 aromatic heterocycles. The lowest BCUT2D eigenvalue weighted by atomic mass is 10.2. The van der Waals surface area contributed by atoms with Gasteiger partial charge in [0.1, 0.15) is 0 Å². The molecule has 1 atom stereocenters. The van der Waals surface area contributed by atoms with Crippen molar-refractivity contribution in [1.82, 2.24) is 4.72 Å². The van der Waals surface area contributed by atoms with E-state index in [4.69, 9.17) is 5.73 Å². The van der Waals surface area contributed by atoms with Crippen LogP contribution in [0, 0.1) is 0 Å². The molecule has 0 heterocycles. The summed E-state index contributed by atoms with van der Waals surface area (Å²) in [6.45, 7) is 2.16. The first kappa shape index (κ1) is 14.8. The zero-order chi connectivity index (χ0) is 12.1. The number of hydrogen-bond acceptors (Lipinski definition) is 5. The van der Waals surface area contributed by atoms with Crippen molar-refractivity contribution in [2.75, 3.05) is 17.9 Å². The second-order valence-corrected chi connectivity index (χ2v) is 7.87. The number of nitrogens with two attached hydrogens (primary N) is 1. The molecule has 0 aromatic rings. The summed E-state index contributed by atoms with van der Waals surface area (Å²) in [4.78, 5) is 0. The highest BCUT2D eigenvalue weighted by atomic mass is 32.3. The van der Waals surface area contributed by atoms with Crippen molar-refractivity contribution < 1.29 is 16.8 Å². The van der Waals surface area contributed by atoms with Crippen molar-refractivity contribution in [3.63, 3.8) is 0 Å². The zero-order valence-corrected chi connectivity index (χ0v) is 10.6. The predicted molar refractivity (Wildman–Crippen MR) is 59.5 cm³/mol. The van der Waals surface area contributed by atoms with Crippen LogP contribution >= 0.6 is 0 Å². The van der Waals surface area contributed by atoms with Gasteiger partial charge in [0.15, 0.2) is 14.9 Å². The van der Waals surface area contributed by atoms with Crippen molar-refractivity contribution in [3.05, 3.63) is 0 Å². The first-order valence-corrected chi connectivity index (χ1v) is 8.25. The zero-order valence-electron chi connectivity index (χ0n) is 8.93. The fourth-order valence-electron chi connectivity index (χ4n) is 1.11. The summed E-state index contributed by atoms with van der Waals surface area (Å²) in [5, 5.41) is -0.868. The van der Waals surface area contributed by atoms with Gasteiger partial charge in [0.25, 0.3) is 0 Å². The molecular weight excluding hydrogens is 240 g/mol. The Labute approximate surface area is 91.2 Å². The van der Waals surface area contributed by atoms with E-state index in [-0.39, 0.29) is 6.04 Å². The van der Waals surface area contributed by atoms with Gasteiger partial charge in [-0.1, -0.05) is 0 Å². The standard InChI is InChI=1S/C7H18N2O4S2/c1-7(4-3-5-8)9-15(12,13)6-14(2,10)11/h7,9H,3-6,8H2,1-2H3. The minimum absolute atomic E-state index is 0.291. The predicted octanol–water partition coefficient (Wildman–Crippen LogP) is -0.965. The Morgan fingerprint density at radius 1 is 1.27 bits per heavy atom. The molecule has 8 heteroatoms. The van der Waals surface area contributed by atoms with E-state index in [1.807, 2.05) is 0 Å². The molecule has 0 fully saturated rings. The summed E-state index contributed by atoms with van der Waals surface area (Å²) in [5.41, 5.74) is 5.27. The quantitative estimate of drug-likeness (QED) is 0.611. The molecule has 0 bridgehead atoms. The number of rotatable bonds is 7. The molecule has 0 aliphatic carbocycles. The minimum Gasteiger partial charge on any atom is -0.330 e. The highest BCUT2D eigenvalue weighted by Gasteiger charge is 2.19. The Kier molecular flexibility index (Phi) is 5.71. The van der Waals surface area contributed by atoms with E-state index in [0.717, 1.165) is 6.26 Å². The summed E-state index contributed by atoms with van der Waals surface area (Å²) < 4.78 is 46.5. The van der Waals surface area contributed by atoms with E-state index in [1.165, 1.54) is 0 Å². The lowest BCUT2D eigenvalue weighted by molar-refractivity contribution is 0.541. The van der Waals surface area contributed by atoms with Gasteiger partial charge < -0.3 is 5.73 Å². The monoisotopic (exact) mass is 258 g/mol. The van der Waals surface area contributed by atoms with E-state index in [0.29, 0.717) is 19.4 Å². The van der Waals surface area contributed by atoms with Crippen LogP contribution in [0.25, 0.3) is 0 Å². The average molecular weight is 258 g/mol. The maximum absolute atomic E-state index is 11.3. The summed E-state index contributed by atoms with van der Waals surface area (Å²) >= 11 is 0. The third-order valence-electron chi connectivity index (χ3n) is 1.59. The highest BCUT2D eigenvalue weighted by molar-refractivity contribution is 8.06. The summed E-state index contributed by atoms with van der Waals surface area (Å²) in [6, 6.07) is -0.291. The van der Waals surface area contributed by atoms with Crippen LogP contribution in [-0.4, -0.2) is 40.8 Å². The SMILES string of the molecule is CC(CCCN)NS(=O)(=O)CS(C)(=O)=O. The Morgan fingerprint density at radius 3 is 2.20 bits per heavy atom. The van der Waals surface area contributed by atoms with Crippen LogP contribution in [0.1, 0.15) is 19.8 Å². The van der Waals surface area contributed by atoms with E-state index < -0.39 is 24.9 Å². The molecule has 0 aliphatic heterocycles. The Morgan fingerprint density at radius 2 is 1.80 bits per heavy atom. The molecule has 0 spiro atoms. The number of sulfonamides is 1. The van der Waals surface area contributed by atoms with Gasteiger partial charge in [0.05, 0.1) is 0 Å². The van der Waals surface area contributed by atoms with Crippen molar-refractivity contribution in [1.29, 1.82) is 0 Å². The molecule has 0 saturated carbocycles. The van der Waals surface area contributed by atoms with Crippen LogP contribution in [0.5, 0.6) is 0 Å². The number of sulfone groups is 1. The molecule has 0 aliphatic rings. The van der Waals surface area contributed by atoms with Gasteiger partial charge >= 0.3 is 0 Å². The van der Waals surface area contributed by atoms with Crippen LogP contribution in [0.2, 0.25) is 0 Å². The van der Waals surface area contributed by atoms with Crippen molar-refractivity contribution in [2.45, 2.75) is 25.8 Å². The van der Waals surface area contributed by atoms with Crippen molar-refractivity contribution >= 4 is 19.9 Å². The van der Waals surface area contributed by atoms with E-state index in [1.54, 1.807) is 6.92 Å². The molecule has 3 N–H and O–H groups in total.